The molecule has 6 heteroatoms. The predicted molar refractivity (Wildman–Crippen MR) is 89.1 cm³/mol. The molecule has 1 heterocycles. The van der Waals surface area contributed by atoms with Crippen LogP contribution in [-0.2, 0) is 18.4 Å². The predicted octanol–water partition coefficient (Wildman–Crippen LogP) is 1.74. The SMILES string of the molecule is CCOc1ccccc1CN(C)C(=O)C(NC)c1cnn(C)c1. The Morgan fingerprint density at radius 2 is 2.17 bits per heavy atom. The van der Waals surface area contributed by atoms with Gasteiger partial charge in [-0.15, -0.1) is 0 Å². The molecule has 6 nitrogen and oxygen atoms in total. The Bertz CT molecular complexity index is 654. The molecule has 2 rings (SSSR count). The lowest BCUT2D eigenvalue weighted by Crippen LogP contribution is -2.37. The number of benzene rings is 1. The van der Waals surface area contributed by atoms with E-state index in [0.29, 0.717) is 13.2 Å². The number of nitrogens with zero attached hydrogens (tertiary/aromatic N) is 3. The summed E-state index contributed by atoms with van der Waals surface area (Å²) in [5, 5.41) is 7.20. The second kappa shape index (κ2) is 7.78. The normalized spacial score (nSPS) is 12.0. The number of aryl methyl sites for hydroxylation is 1. The molecular formula is C17H24N4O2. The van der Waals surface area contributed by atoms with Gasteiger partial charge < -0.3 is 15.0 Å². The highest BCUT2D eigenvalue weighted by molar-refractivity contribution is 5.83. The van der Waals surface area contributed by atoms with E-state index in [1.54, 1.807) is 29.9 Å². The molecule has 1 unspecified atom stereocenters. The molecule has 0 fully saturated rings. The van der Waals surface area contributed by atoms with Crippen molar-refractivity contribution in [2.45, 2.75) is 19.5 Å². The minimum Gasteiger partial charge on any atom is -0.494 e. The number of hydrogen-bond donors (Lipinski definition) is 1. The van der Waals surface area contributed by atoms with Crippen LogP contribution in [0.4, 0.5) is 0 Å². The summed E-state index contributed by atoms with van der Waals surface area (Å²) in [5.41, 5.74) is 1.84. The van der Waals surface area contributed by atoms with Crippen LogP contribution in [0.3, 0.4) is 0 Å². The van der Waals surface area contributed by atoms with Gasteiger partial charge in [-0.25, -0.2) is 0 Å². The van der Waals surface area contributed by atoms with Gasteiger partial charge in [-0.2, -0.15) is 5.10 Å². The minimum atomic E-state index is -0.409. The van der Waals surface area contributed by atoms with Crippen LogP contribution in [0.15, 0.2) is 36.7 Å². The van der Waals surface area contributed by atoms with Crippen molar-refractivity contribution >= 4 is 5.91 Å². The van der Waals surface area contributed by atoms with E-state index in [4.69, 9.17) is 4.74 Å². The Labute approximate surface area is 137 Å². The smallest absolute Gasteiger partial charge is 0.244 e. The number of carbonyl (C=O) groups excluding carboxylic acids is 1. The molecule has 0 aliphatic rings. The first-order chi connectivity index (χ1) is 11.1. The molecule has 1 N–H and O–H groups in total. The van der Waals surface area contributed by atoms with Crippen molar-refractivity contribution in [2.24, 2.45) is 7.05 Å². The van der Waals surface area contributed by atoms with Gasteiger partial charge in [0.05, 0.1) is 12.8 Å². The minimum absolute atomic E-state index is 0.00759. The molecule has 0 saturated carbocycles. The van der Waals surface area contributed by atoms with Crippen LogP contribution in [0, 0.1) is 0 Å². The van der Waals surface area contributed by atoms with Gasteiger partial charge in [-0.1, -0.05) is 18.2 Å². The Hall–Kier alpha value is -2.34. The van der Waals surface area contributed by atoms with Gasteiger partial charge in [-0.05, 0) is 20.0 Å². The van der Waals surface area contributed by atoms with Crippen LogP contribution < -0.4 is 10.1 Å². The lowest BCUT2D eigenvalue weighted by Gasteiger charge is -2.24. The van der Waals surface area contributed by atoms with Crippen molar-refractivity contribution in [2.75, 3.05) is 20.7 Å². The summed E-state index contributed by atoms with van der Waals surface area (Å²) in [6, 6.07) is 7.38. The highest BCUT2D eigenvalue weighted by Crippen LogP contribution is 2.21. The number of nitrogens with one attached hydrogen (secondary N) is 1. The van der Waals surface area contributed by atoms with Gasteiger partial charge in [0.25, 0.3) is 0 Å². The molecule has 0 saturated heterocycles. The standard InChI is InChI=1S/C17H24N4O2/c1-5-23-15-9-7-6-8-13(15)11-20(3)17(22)16(18-2)14-10-19-21(4)12-14/h6-10,12,16,18H,5,11H2,1-4H3. The van der Waals surface area contributed by atoms with Gasteiger partial charge in [0.1, 0.15) is 11.8 Å². The molecule has 0 spiro atoms. The van der Waals surface area contributed by atoms with E-state index in [-0.39, 0.29) is 5.91 Å². The number of hydrogen-bond acceptors (Lipinski definition) is 4. The number of amides is 1. The lowest BCUT2D eigenvalue weighted by molar-refractivity contribution is -0.132. The summed E-state index contributed by atoms with van der Waals surface area (Å²) in [6.45, 7) is 3.04. The summed E-state index contributed by atoms with van der Waals surface area (Å²) in [4.78, 5) is 14.4. The van der Waals surface area contributed by atoms with E-state index in [9.17, 15) is 4.79 Å². The third-order valence-corrected chi connectivity index (χ3v) is 3.65. The molecule has 0 radical (unpaired) electrons. The van der Waals surface area contributed by atoms with E-state index in [0.717, 1.165) is 16.9 Å². The topological polar surface area (TPSA) is 59.4 Å². The molecule has 1 aromatic carbocycles. The molecule has 0 aliphatic carbocycles. The molecule has 23 heavy (non-hydrogen) atoms. The van der Waals surface area contributed by atoms with Crippen LogP contribution in [0.2, 0.25) is 0 Å². The summed E-state index contributed by atoms with van der Waals surface area (Å²) < 4.78 is 7.32. The number of likely N-dealkylation sites (N-methyl/N-ethyl adjacent to an activating group) is 2. The third-order valence-electron chi connectivity index (χ3n) is 3.65. The van der Waals surface area contributed by atoms with Gasteiger partial charge in [0.15, 0.2) is 0 Å². The molecular weight excluding hydrogens is 292 g/mol. The number of carbonyl (C=O) groups is 1. The largest absolute Gasteiger partial charge is 0.494 e. The van der Waals surface area contributed by atoms with Crippen molar-refractivity contribution in [3.8, 4) is 5.75 Å². The zero-order chi connectivity index (χ0) is 16.8. The highest BCUT2D eigenvalue weighted by atomic mass is 16.5. The molecule has 124 valence electrons. The van der Waals surface area contributed by atoms with Crippen LogP contribution in [-0.4, -0.2) is 41.3 Å². The summed E-state index contributed by atoms with van der Waals surface area (Å²) in [5.74, 6) is 0.809. The van der Waals surface area contributed by atoms with E-state index in [1.807, 2.05) is 44.4 Å². The molecule has 2 aromatic rings. The molecule has 1 aromatic heterocycles. The Morgan fingerprint density at radius 3 is 2.78 bits per heavy atom. The van der Waals surface area contributed by atoms with E-state index in [1.165, 1.54) is 0 Å². The average molecular weight is 316 g/mol. The maximum atomic E-state index is 12.7. The summed E-state index contributed by atoms with van der Waals surface area (Å²) in [6.07, 6.45) is 3.56. The summed E-state index contributed by atoms with van der Waals surface area (Å²) in [7, 11) is 5.41. The molecule has 0 aliphatic heterocycles. The monoisotopic (exact) mass is 316 g/mol. The van der Waals surface area contributed by atoms with Crippen LogP contribution in [0.1, 0.15) is 24.1 Å². The first-order valence-electron chi connectivity index (χ1n) is 7.68. The third kappa shape index (κ3) is 4.10. The zero-order valence-corrected chi connectivity index (χ0v) is 14.1. The number of ether oxygens (including phenoxy) is 1. The maximum absolute atomic E-state index is 12.7. The number of para-hydroxylation sites is 1. The van der Waals surface area contributed by atoms with E-state index >= 15 is 0 Å². The van der Waals surface area contributed by atoms with E-state index in [2.05, 4.69) is 10.4 Å². The fourth-order valence-electron chi connectivity index (χ4n) is 2.51. The second-order valence-corrected chi connectivity index (χ2v) is 5.40. The van der Waals surface area contributed by atoms with Crippen molar-refractivity contribution in [3.63, 3.8) is 0 Å². The van der Waals surface area contributed by atoms with E-state index < -0.39 is 6.04 Å². The number of aromatic nitrogens is 2. The van der Waals surface area contributed by atoms with Crippen molar-refractivity contribution in [3.05, 3.63) is 47.8 Å². The Balaban J connectivity index is 2.13. The first-order valence-corrected chi connectivity index (χ1v) is 7.68. The van der Waals surface area contributed by atoms with Gasteiger partial charge in [0, 0.05) is 38.0 Å². The summed E-state index contributed by atoms with van der Waals surface area (Å²) >= 11 is 0. The van der Waals surface area contributed by atoms with Crippen molar-refractivity contribution in [1.29, 1.82) is 0 Å². The number of rotatable bonds is 7. The van der Waals surface area contributed by atoms with Crippen LogP contribution in [0.25, 0.3) is 0 Å². The Morgan fingerprint density at radius 1 is 1.43 bits per heavy atom. The first kappa shape index (κ1) is 17.0. The average Bonchev–Trinajstić information content (AvgIpc) is 2.96. The quantitative estimate of drug-likeness (QED) is 0.845. The van der Waals surface area contributed by atoms with Gasteiger partial charge >= 0.3 is 0 Å². The van der Waals surface area contributed by atoms with Gasteiger partial charge in [0.2, 0.25) is 5.91 Å². The molecule has 1 atom stereocenters. The second-order valence-electron chi connectivity index (χ2n) is 5.40. The van der Waals surface area contributed by atoms with Crippen LogP contribution >= 0.6 is 0 Å². The fraction of sp³-hybridized carbons (Fsp3) is 0.412. The molecule has 1 amide bonds. The maximum Gasteiger partial charge on any atom is 0.244 e. The fourth-order valence-corrected chi connectivity index (χ4v) is 2.51. The van der Waals surface area contributed by atoms with Crippen molar-refractivity contribution < 1.29 is 9.53 Å². The zero-order valence-electron chi connectivity index (χ0n) is 14.1. The lowest BCUT2D eigenvalue weighted by atomic mass is 10.1. The highest BCUT2D eigenvalue weighted by Gasteiger charge is 2.24. The van der Waals surface area contributed by atoms with Crippen molar-refractivity contribution in [1.82, 2.24) is 20.0 Å². The van der Waals surface area contributed by atoms with Crippen LogP contribution in [0.5, 0.6) is 5.75 Å². The Kier molecular flexibility index (Phi) is 5.76. The molecule has 0 bridgehead atoms. The van der Waals surface area contributed by atoms with Gasteiger partial charge in [-0.3, -0.25) is 9.48 Å².